The van der Waals surface area contributed by atoms with Crippen molar-refractivity contribution in [2.24, 2.45) is 0 Å². The molecule has 0 radical (unpaired) electrons. The Hall–Kier alpha value is -1.93. The lowest BCUT2D eigenvalue weighted by molar-refractivity contribution is -0.130. The van der Waals surface area contributed by atoms with E-state index in [4.69, 9.17) is 0 Å². The molecule has 2 fully saturated rings. The molecule has 2 saturated heterocycles. The van der Waals surface area contributed by atoms with Crippen molar-refractivity contribution < 1.29 is 18.0 Å². The smallest absolute Gasteiger partial charge is 0.240 e. The van der Waals surface area contributed by atoms with E-state index >= 15 is 0 Å². The molecule has 2 aliphatic rings. The Labute approximate surface area is 160 Å². The molecule has 0 bridgehead atoms. The van der Waals surface area contributed by atoms with E-state index in [9.17, 15) is 18.0 Å². The number of carbonyl (C=O) groups excluding carboxylic acids is 2. The molecule has 2 amide bonds. The Bertz CT molecular complexity index is 822. The normalized spacial score (nSPS) is 18.9. The zero-order valence-electron chi connectivity index (χ0n) is 15.7. The number of carbonyl (C=O) groups is 2. The molecule has 0 unspecified atom stereocenters. The van der Waals surface area contributed by atoms with Gasteiger partial charge in [-0.1, -0.05) is 6.42 Å². The molecule has 0 spiro atoms. The monoisotopic (exact) mass is 393 g/mol. The van der Waals surface area contributed by atoms with E-state index in [-0.39, 0.29) is 23.3 Å². The number of hydrogen-bond donors (Lipinski definition) is 1. The molecule has 1 N–H and O–H groups in total. The lowest BCUT2D eigenvalue weighted by Gasteiger charge is -2.21. The van der Waals surface area contributed by atoms with Crippen LogP contribution in [0.15, 0.2) is 23.1 Å². The van der Waals surface area contributed by atoms with Gasteiger partial charge in [0.05, 0.1) is 4.90 Å². The predicted octanol–water partition coefficient (Wildman–Crippen LogP) is 1.80. The van der Waals surface area contributed by atoms with Crippen molar-refractivity contribution in [1.29, 1.82) is 0 Å². The Morgan fingerprint density at radius 1 is 1.00 bits per heavy atom. The van der Waals surface area contributed by atoms with Crippen molar-refractivity contribution in [3.05, 3.63) is 23.8 Å². The Morgan fingerprint density at radius 2 is 1.78 bits per heavy atom. The van der Waals surface area contributed by atoms with Crippen LogP contribution in [-0.2, 0) is 19.6 Å². The van der Waals surface area contributed by atoms with Crippen molar-refractivity contribution in [3.8, 4) is 0 Å². The molecular formula is C19H27N3O4S. The van der Waals surface area contributed by atoms with Gasteiger partial charge in [-0.3, -0.25) is 9.59 Å². The van der Waals surface area contributed by atoms with E-state index in [1.54, 1.807) is 34.9 Å². The molecule has 3 rings (SSSR count). The topological polar surface area (TPSA) is 86.8 Å². The van der Waals surface area contributed by atoms with Gasteiger partial charge in [0, 0.05) is 44.7 Å². The molecule has 0 saturated carbocycles. The van der Waals surface area contributed by atoms with E-state index in [1.165, 1.54) is 0 Å². The molecule has 2 heterocycles. The van der Waals surface area contributed by atoms with Crippen LogP contribution in [0.1, 0.15) is 44.1 Å². The molecule has 1 aromatic rings. The number of benzene rings is 1. The van der Waals surface area contributed by atoms with Gasteiger partial charge >= 0.3 is 0 Å². The van der Waals surface area contributed by atoms with Gasteiger partial charge in [0.2, 0.25) is 21.8 Å². The number of nitrogens with zero attached hydrogens (tertiary/aromatic N) is 2. The molecule has 1 aromatic carbocycles. The Kier molecular flexibility index (Phi) is 6.16. The second-order valence-corrected chi connectivity index (χ2v) is 8.92. The maximum Gasteiger partial charge on any atom is 0.240 e. The first-order valence-electron chi connectivity index (χ1n) is 9.57. The van der Waals surface area contributed by atoms with E-state index in [2.05, 4.69) is 4.72 Å². The van der Waals surface area contributed by atoms with Crippen molar-refractivity contribution in [3.63, 3.8) is 0 Å². The van der Waals surface area contributed by atoms with Crippen LogP contribution in [-0.4, -0.2) is 51.3 Å². The molecule has 7 nitrogen and oxygen atoms in total. The summed E-state index contributed by atoms with van der Waals surface area (Å²) in [5.41, 5.74) is 1.34. The number of rotatable bonds is 6. The number of aryl methyl sites for hydroxylation is 1. The summed E-state index contributed by atoms with van der Waals surface area (Å²) >= 11 is 0. The second kappa shape index (κ2) is 8.39. The van der Waals surface area contributed by atoms with Gasteiger partial charge in [0.15, 0.2) is 0 Å². The van der Waals surface area contributed by atoms with Crippen LogP contribution >= 0.6 is 0 Å². The highest BCUT2D eigenvalue weighted by atomic mass is 32.2. The number of sulfonamides is 1. The standard InChI is InChI=1S/C19H27N3O4S/c1-15-14-16(22-12-5-7-19(22)24)8-9-17(15)27(25,26)20-10-13-21-11-4-2-3-6-18(21)23/h8-9,14,20H,2-7,10-13H2,1H3. The SMILES string of the molecule is Cc1cc(N2CCCC2=O)ccc1S(=O)(=O)NCCN1CCCCCC1=O. The van der Waals surface area contributed by atoms with Crippen LogP contribution in [0.4, 0.5) is 5.69 Å². The van der Waals surface area contributed by atoms with Gasteiger partial charge in [-0.05, 0) is 49.9 Å². The Balaban J connectivity index is 1.64. The zero-order chi connectivity index (χ0) is 19.4. The third kappa shape index (κ3) is 4.68. The molecule has 2 aliphatic heterocycles. The van der Waals surface area contributed by atoms with Crippen molar-refractivity contribution >= 4 is 27.5 Å². The van der Waals surface area contributed by atoms with Crippen molar-refractivity contribution in [1.82, 2.24) is 9.62 Å². The van der Waals surface area contributed by atoms with Crippen LogP contribution in [0.2, 0.25) is 0 Å². The maximum atomic E-state index is 12.6. The summed E-state index contributed by atoms with van der Waals surface area (Å²) < 4.78 is 27.9. The number of anilines is 1. The van der Waals surface area contributed by atoms with Gasteiger partial charge in [0.1, 0.15) is 0 Å². The summed E-state index contributed by atoms with van der Waals surface area (Å²) in [7, 11) is -3.66. The highest BCUT2D eigenvalue weighted by Gasteiger charge is 2.24. The zero-order valence-corrected chi connectivity index (χ0v) is 16.6. The van der Waals surface area contributed by atoms with Gasteiger partial charge in [0.25, 0.3) is 0 Å². The highest BCUT2D eigenvalue weighted by molar-refractivity contribution is 7.89. The molecule has 0 atom stereocenters. The lowest BCUT2D eigenvalue weighted by Crippen LogP contribution is -2.38. The summed E-state index contributed by atoms with van der Waals surface area (Å²) in [5, 5.41) is 0. The van der Waals surface area contributed by atoms with Crippen molar-refractivity contribution in [2.45, 2.75) is 50.3 Å². The number of hydrogen-bond acceptors (Lipinski definition) is 4. The number of nitrogens with one attached hydrogen (secondary N) is 1. The minimum atomic E-state index is -3.66. The maximum absolute atomic E-state index is 12.6. The predicted molar refractivity (Wildman–Crippen MR) is 103 cm³/mol. The first-order valence-corrected chi connectivity index (χ1v) is 11.1. The van der Waals surface area contributed by atoms with Crippen molar-refractivity contribution in [2.75, 3.05) is 31.1 Å². The summed E-state index contributed by atoms with van der Waals surface area (Å²) in [6, 6.07) is 4.98. The Morgan fingerprint density at radius 3 is 2.48 bits per heavy atom. The van der Waals surface area contributed by atoms with E-state index in [0.29, 0.717) is 38.0 Å². The van der Waals surface area contributed by atoms with Crippen LogP contribution in [0.5, 0.6) is 0 Å². The van der Waals surface area contributed by atoms with Gasteiger partial charge < -0.3 is 9.80 Å². The first kappa shape index (κ1) is 19.8. The fourth-order valence-corrected chi connectivity index (χ4v) is 4.94. The summed E-state index contributed by atoms with van der Waals surface area (Å²) in [6.07, 6.45) is 4.83. The molecule has 0 aliphatic carbocycles. The van der Waals surface area contributed by atoms with E-state index < -0.39 is 10.0 Å². The number of amides is 2. The van der Waals surface area contributed by atoms with Gasteiger partial charge in [-0.15, -0.1) is 0 Å². The van der Waals surface area contributed by atoms with Crippen LogP contribution in [0.25, 0.3) is 0 Å². The minimum absolute atomic E-state index is 0.0743. The fraction of sp³-hybridized carbons (Fsp3) is 0.579. The third-order valence-electron chi connectivity index (χ3n) is 5.18. The first-order chi connectivity index (χ1) is 12.9. The summed E-state index contributed by atoms with van der Waals surface area (Å²) in [4.78, 5) is 27.5. The average Bonchev–Trinajstić information content (AvgIpc) is 2.94. The van der Waals surface area contributed by atoms with Gasteiger partial charge in [-0.2, -0.15) is 0 Å². The third-order valence-corrected chi connectivity index (χ3v) is 6.80. The highest BCUT2D eigenvalue weighted by Crippen LogP contribution is 2.25. The van der Waals surface area contributed by atoms with Crippen LogP contribution < -0.4 is 9.62 Å². The second-order valence-electron chi connectivity index (χ2n) is 7.19. The van der Waals surface area contributed by atoms with Crippen LogP contribution in [0, 0.1) is 6.92 Å². The molecule has 27 heavy (non-hydrogen) atoms. The molecular weight excluding hydrogens is 366 g/mol. The minimum Gasteiger partial charge on any atom is -0.341 e. The molecule has 8 heteroatoms. The lowest BCUT2D eigenvalue weighted by atomic mass is 10.2. The average molecular weight is 394 g/mol. The van der Waals surface area contributed by atoms with Crippen LogP contribution in [0.3, 0.4) is 0 Å². The quantitative estimate of drug-likeness (QED) is 0.798. The summed E-state index contributed by atoms with van der Waals surface area (Å²) in [6.45, 7) is 3.68. The van der Waals surface area contributed by atoms with E-state index in [1.807, 2.05) is 0 Å². The molecule has 148 valence electrons. The number of likely N-dealkylation sites (tertiary alicyclic amines) is 1. The summed E-state index contributed by atoms with van der Waals surface area (Å²) in [5.74, 6) is 0.174. The van der Waals surface area contributed by atoms with Gasteiger partial charge in [-0.25, -0.2) is 13.1 Å². The van der Waals surface area contributed by atoms with E-state index in [0.717, 1.165) is 31.4 Å². The molecule has 0 aromatic heterocycles. The largest absolute Gasteiger partial charge is 0.341 e. The fourth-order valence-electron chi connectivity index (χ4n) is 3.69.